The van der Waals surface area contributed by atoms with E-state index >= 15 is 0 Å². The van der Waals surface area contributed by atoms with Crippen molar-refractivity contribution in [1.82, 2.24) is 9.97 Å². The third-order valence-electron chi connectivity index (χ3n) is 3.26. The number of H-pyrrole nitrogens is 1. The number of rotatable bonds is 1. The molecule has 3 heteroatoms. The Bertz CT molecular complexity index is 689. The molecule has 3 rings (SSSR count). The molecule has 0 atom stereocenters. The van der Waals surface area contributed by atoms with Gasteiger partial charge in [-0.25, -0.2) is 4.98 Å². The number of fused-ring (bicyclic) bond motifs is 1. The number of aromatic amines is 1. The van der Waals surface area contributed by atoms with Crippen LogP contribution in [0.15, 0.2) is 41.3 Å². The molecule has 3 aromatic rings. The van der Waals surface area contributed by atoms with E-state index in [1.807, 2.05) is 24.3 Å². The number of aromatic nitrogens is 2. The fraction of sp³-hybridized carbons (Fsp3) is 0.133. The molecule has 2 aromatic carbocycles. The van der Waals surface area contributed by atoms with E-state index in [0.29, 0.717) is 0 Å². The number of benzene rings is 2. The highest BCUT2D eigenvalue weighted by Gasteiger charge is 2.08. The van der Waals surface area contributed by atoms with E-state index in [4.69, 9.17) is 0 Å². The highest BCUT2D eigenvalue weighted by Crippen LogP contribution is 2.27. The van der Waals surface area contributed by atoms with Crippen molar-refractivity contribution in [3.8, 4) is 11.4 Å². The van der Waals surface area contributed by atoms with Crippen molar-refractivity contribution < 1.29 is 0 Å². The molecule has 0 spiro atoms. The minimum atomic E-state index is 0.876. The Morgan fingerprint density at radius 1 is 1.06 bits per heavy atom. The van der Waals surface area contributed by atoms with Crippen molar-refractivity contribution in [3.63, 3.8) is 0 Å². The first-order valence-corrected chi connectivity index (χ1v) is 6.35. The summed E-state index contributed by atoms with van der Waals surface area (Å²) in [4.78, 5) is 8.94. The minimum Gasteiger partial charge on any atom is -0.338 e. The standard InChI is InChI=1S/C15H14N2S/c1-9-7-12-13(8-10(9)2)17-15(16-12)11-5-3-4-6-14(11)18/h3-8,18H,1-2H3,(H,16,17). The first-order valence-electron chi connectivity index (χ1n) is 5.90. The number of hydrogen-bond acceptors (Lipinski definition) is 2. The van der Waals surface area contributed by atoms with Gasteiger partial charge in [0.05, 0.1) is 11.0 Å². The normalized spacial score (nSPS) is 11.1. The molecule has 18 heavy (non-hydrogen) atoms. The minimum absolute atomic E-state index is 0.876. The fourth-order valence-electron chi connectivity index (χ4n) is 2.07. The van der Waals surface area contributed by atoms with Crippen molar-refractivity contribution in [3.05, 3.63) is 47.5 Å². The van der Waals surface area contributed by atoms with Crippen LogP contribution >= 0.6 is 12.6 Å². The summed E-state index contributed by atoms with van der Waals surface area (Å²) in [5.41, 5.74) is 5.65. The zero-order valence-electron chi connectivity index (χ0n) is 10.4. The van der Waals surface area contributed by atoms with Gasteiger partial charge in [0.1, 0.15) is 5.82 Å². The van der Waals surface area contributed by atoms with Crippen LogP contribution in [0.1, 0.15) is 11.1 Å². The average molecular weight is 254 g/mol. The van der Waals surface area contributed by atoms with Crippen LogP contribution in [-0.2, 0) is 0 Å². The van der Waals surface area contributed by atoms with Gasteiger partial charge in [0.2, 0.25) is 0 Å². The smallest absolute Gasteiger partial charge is 0.139 e. The first kappa shape index (κ1) is 11.4. The summed E-state index contributed by atoms with van der Waals surface area (Å²) in [6.07, 6.45) is 0. The Labute approximate surface area is 111 Å². The van der Waals surface area contributed by atoms with Gasteiger partial charge in [0.15, 0.2) is 0 Å². The van der Waals surface area contributed by atoms with E-state index in [2.05, 4.69) is 48.6 Å². The Hall–Kier alpha value is -1.74. The molecule has 0 fully saturated rings. The van der Waals surface area contributed by atoms with Gasteiger partial charge in [-0.3, -0.25) is 0 Å². The molecule has 1 heterocycles. The van der Waals surface area contributed by atoms with Crippen molar-refractivity contribution in [2.45, 2.75) is 18.7 Å². The number of thiol groups is 1. The quantitative estimate of drug-likeness (QED) is 0.628. The van der Waals surface area contributed by atoms with E-state index in [-0.39, 0.29) is 0 Å². The van der Waals surface area contributed by atoms with Crippen LogP contribution < -0.4 is 0 Å². The lowest BCUT2D eigenvalue weighted by molar-refractivity contribution is 1.29. The van der Waals surface area contributed by atoms with Crippen molar-refractivity contribution in [2.75, 3.05) is 0 Å². The third kappa shape index (κ3) is 1.81. The fourth-order valence-corrected chi connectivity index (χ4v) is 2.34. The molecular weight excluding hydrogens is 240 g/mol. The van der Waals surface area contributed by atoms with Crippen LogP contribution in [0.5, 0.6) is 0 Å². The molecule has 1 N–H and O–H groups in total. The SMILES string of the molecule is Cc1cc2nc(-c3ccccc3S)[nH]c2cc1C. The number of imidazole rings is 1. The van der Waals surface area contributed by atoms with E-state index in [0.717, 1.165) is 27.3 Å². The Morgan fingerprint density at radius 2 is 1.78 bits per heavy atom. The molecule has 0 radical (unpaired) electrons. The van der Waals surface area contributed by atoms with Gasteiger partial charge in [0, 0.05) is 10.5 Å². The van der Waals surface area contributed by atoms with Gasteiger partial charge in [-0.1, -0.05) is 18.2 Å². The predicted molar refractivity (Wildman–Crippen MR) is 78.3 cm³/mol. The van der Waals surface area contributed by atoms with Crippen molar-refractivity contribution in [1.29, 1.82) is 0 Å². The molecule has 0 aliphatic rings. The molecule has 0 amide bonds. The highest BCUT2D eigenvalue weighted by atomic mass is 32.1. The van der Waals surface area contributed by atoms with Gasteiger partial charge in [-0.15, -0.1) is 12.6 Å². The maximum atomic E-state index is 4.64. The second-order valence-electron chi connectivity index (χ2n) is 4.56. The van der Waals surface area contributed by atoms with E-state index < -0.39 is 0 Å². The lowest BCUT2D eigenvalue weighted by atomic mass is 10.1. The largest absolute Gasteiger partial charge is 0.338 e. The monoisotopic (exact) mass is 254 g/mol. The van der Waals surface area contributed by atoms with Gasteiger partial charge >= 0.3 is 0 Å². The lowest BCUT2D eigenvalue weighted by Crippen LogP contribution is -1.81. The summed E-state index contributed by atoms with van der Waals surface area (Å²) in [6, 6.07) is 12.2. The molecule has 2 nitrogen and oxygen atoms in total. The lowest BCUT2D eigenvalue weighted by Gasteiger charge is -1.99. The van der Waals surface area contributed by atoms with Crippen LogP contribution in [-0.4, -0.2) is 9.97 Å². The number of aryl methyl sites for hydroxylation is 2. The molecule has 0 bridgehead atoms. The topological polar surface area (TPSA) is 28.7 Å². The Morgan fingerprint density at radius 3 is 2.56 bits per heavy atom. The maximum Gasteiger partial charge on any atom is 0.139 e. The average Bonchev–Trinajstić information content (AvgIpc) is 2.73. The third-order valence-corrected chi connectivity index (χ3v) is 3.65. The summed E-state index contributed by atoms with van der Waals surface area (Å²) < 4.78 is 0. The van der Waals surface area contributed by atoms with E-state index in [1.165, 1.54) is 11.1 Å². The van der Waals surface area contributed by atoms with Gasteiger partial charge in [-0.05, 0) is 43.2 Å². The summed E-state index contributed by atoms with van der Waals surface area (Å²) in [6.45, 7) is 4.22. The molecule has 90 valence electrons. The molecule has 0 aliphatic carbocycles. The van der Waals surface area contributed by atoms with Crippen LogP contribution in [0.25, 0.3) is 22.4 Å². The molecular formula is C15H14N2S. The predicted octanol–water partition coefficient (Wildman–Crippen LogP) is 4.14. The number of hydrogen-bond donors (Lipinski definition) is 2. The molecule has 0 saturated heterocycles. The zero-order chi connectivity index (χ0) is 12.7. The molecule has 1 aromatic heterocycles. The molecule has 0 saturated carbocycles. The van der Waals surface area contributed by atoms with Crippen molar-refractivity contribution >= 4 is 23.7 Å². The first-order chi connectivity index (χ1) is 8.65. The van der Waals surface area contributed by atoms with Crippen LogP contribution in [0, 0.1) is 13.8 Å². The second-order valence-corrected chi connectivity index (χ2v) is 5.04. The van der Waals surface area contributed by atoms with Gasteiger partial charge in [0.25, 0.3) is 0 Å². The summed E-state index contributed by atoms with van der Waals surface area (Å²) >= 11 is 4.47. The summed E-state index contributed by atoms with van der Waals surface area (Å²) in [5.74, 6) is 0.876. The van der Waals surface area contributed by atoms with Crippen LogP contribution in [0.2, 0.25) is 0 Å². The number of nitrogens with one attached hydrogen (secondary N) is 1. The highest BCUT2D eigenvalue weighted by molar-refractivity contribution is 7.80. The zero-order valence-corrected chi connectivity index (χ0v) is 11.3. The van der Waals surface area contributed by atoms with E-state index in [1.54, 1.807) is 0 Å². The second kappa shape index (κ2) is 4.18. The van der Waals surface area contributed by atoms with Crippen LogP contribution in [0.4, 0.5) is 0 Å². The van der Waals surface area contributed by atoms with Gasteiger partial charge < -0.3 is 4.98 Å². The summed E-state index contributed by atoms with van der Waals surface area (Å²) in [5, 5.41) is 0. The molecule has 0 aliphatic heterocycles. The number of nitrogens with zero attached hydrogens (tertiary/aromatic N) is 1. The maximum absolute atomic E-state index is 4.64. The Balaban J connectivity index is 2.23. The van der Waals surface area contributed by atoms with Crippen LogP contribution in [0.3, 0.4) is 0 Å². The molecule has 0 unspecified atom stereocenters. The summed E-state index contributed by atoms with van der Waals surface area (Å²) in [7, 11) is 0. The Kier molecular flexibility index (Phi) is 2.63. The van der Waals surface area contributed by atoms with Gasteiger partial charge in [-0.2, -0.15) is 0 Å². The van der Waals surface area contributed by atoms with Crippen molar-refractivity contribution in [2.24, 2.45) is 0 Å². The van der Waals surface area contributed by atoms with E-state index in [9.17, 15) is 0 Å².